The highest BCUT2D eigenvalue weighted by atomic mass is 19.1. The number of hydrogen-bond acceptors (Lipinski definition) is 2. The molecule has 4 rings (SSSR count). The number of amides is 1. The van der Waals surface area contributed by atoms with Gasteiger partial charge in [0.15, 0.2) is 0 Å². The lowest BCUT2D eigenvalue weighted by atomic mass is 9.72. The van der Waals surface area contributed by atoms with Crippen LogP contribution >= 0.6 is 0 Å². The summed E-state index contributed by atoms with van der Waals surface area (Å²) in [5, 5.41) is 0. The van der Waals surface area contributed by atoms with Crippen LogP contribution in [0.4, 0.5) is 4.39 Å². The highest BCUT2D eigenvalue weighted by molar-refractivity contribution is 5.77. The van der Waals surface area contributed by atoms with Gasteiger partial charge < -0.3 is 4.90 Å². The zero-order valence-corrected chi connectivity index (χ0v) is 16.0. The molecule has 142 valence electrons. The van der Waals surface area contributed by atoms with Crippen molar-refractivity contribution in [2.24, 2.45) is 5.41 Å². The summed E-state index contributed by atoms with van der Waals surface area (Å²) in [4.78, 5) is 17.2. The van der Waals surface area contributed by atoms with E-state index in [1.165, 1.54) is 31.2 Å². The van der Waals surface area contributed by atoms with Gasteiger partial charge in [0, 0.05) is 25.6 Å². The molecule has 1 saturated carbocycles. The molecule has 1 amide bonds. The van der Waals surface area contributed by atoms with Gasteiger partial charge in [-0.3, -0.25) is 9.69 Å². The summed E-state index contributed by atoms with van der Waals surface area (Å²) in [5.41, 5.74) is 2.60. The van der Waals surface area contributed by atoms with Gasteiger partial charge in [-0.1, -0.05) is 18.9 Å². The lowest BCUT2D eigenvalue weighted by Gasteiger charge is -2.49. The minimum absolute atomic E-state index is 0.142. The maximum Gasteiger partial charge on any atom is 0.222 e. The van der Waals surface area contributed by atoms with E-state index in [9.17, 15) is 9.18 Å². The molecule has 3 fully saturated rings. The smallest absolute Gasteiger partial charge is 0.222 e. The SMILES string of the molecule is Cc1ccc(F)cc1CN1CCC2(CCC(=O)N(C3CCCC3)C2)CC1. The second-order valence-corrected chi connectivity index (χ2v) is 8.81. The Morgan fingerprint density at radius 3 is 2.62 bits per heavy atom. The third kappa shape index (κ3) is 3.66. The lowest BCUT2D eigenvalue weighted by Crippen LogP contribution is -2.53. The van der Waals surface area contributed by atoms with E-state index >= 15 is 0 Å². The molecule has 0 radical (unpaired) electrons. The fourth-order valence-corrected chi connectivity index (χ4v) is 5.24. The highest BCUT2D eigenvalue weighted by Gasteiger charge is 2.43. The number of benzene rings is 1. The van der Waals surface area contributed by atoms with E-state index in [1.54, 1.807) is 12.1 Å². The summed E-state index contributed by atoms with van der Waals surface area (Å²) in [6.07, 6.45) is 9.08. The van der Waals surface area contributed by atoms with Crippen LogP contribution in [0.2, 0.25) is 0 Å². The fourth-order valence-electron chi connectivity index (χ4n) is 5.24. The molecule has 2 saturated heterocycles. The quantitative estimate of drug-likeness (QED) is 0.805. The third-order valence-electron chi connectivity index (χ3n) is 7.08. The number of piperidine rings is 2. The van der Waals surface area contributed by atoms with Gasteiger partial charge in [-0.15, -0.1) is 0 Å². The molecule has 1 aromatic rings. The number of hydrogen-bond donors (Lipinski definition) is 0. The Bertz CT molecular complexity index is 660. The van der Waals surface area contributed by atoms with Gasteiger partial charge in [-0.25, -0.2) is 4.39 Å². The molecule has 0 bridgehead atoms. The molecule has 0 aromatic heterocycles. The van der Waals surface area contributed by atoms with Crippen molar-refractivity contribution >= 4 is 5.91 Å². The Morgan fingerprint density at radius 1 is 1.15 bits per heavy atom. The normalized spacial score (nSPS) is 24.5. The number of likely N-dealkylation sites (tertiary alicyclic amines) is 2. The minimum atomic E-state index is -0.142. The zero-order chi connectivity index (χ0) is 18.1. The highest BCUT2D eigenvalue weighted by Crippen LogP contribution is 2.42. The van der Waals surface area contributed by atoms with Crippen LogP contribution < -0.4 is 0 Å². The molecule has 4 heteroatoms. The van der Waals surface area contributed by atoms with E-state index < -0.39 is 0 Å². The van der Waals surface area contributed by atoms with Gasteiger partial charge in [-0.05, 0) is 80.8 Å². The summed E-state index contributed by atoms with van der Waals surface area (Å²) in [5.74, 6) is 0.248. The maximum atomic E-state index is 13.6. The molecule has 3 nitrogen and oxygen atoms in total. The van der Waals surface area contributed by atoms with Crippen LogP contribution in [0.5, 0.6) is 0 Å². The van der Waals surface area contributed by atoms with Crippen LogP contribution in [0.1, 0.15) is 62.5 Å². The van der Waals surface area contributed by atoms with Crippen molar-refractivity contribution in [1.29, 1.82) is 0 Å². The molecule has 1 aromatic carbocycles. The topological polar surface area (TPSA) is 23.6 Å². The van der Waals surface area contributed by atoms with Crippen molar-refractivity contribution in [1.82, 2.24) is 9.80 Å². The van der Waals surface area contributed by atoms with E-state index in [4.69, 9.17) is 0 Å². The van der Waals surface area contributed by atoms with Gasteiger partial charge in [0.1, 0.15) is 5.82 Å². The Morgan fingerprint density at radius 2 is 1.88 bits per heavy atom. The first-order chi connectivity index (χ1) is 12.5. The second-order valence-electron chi connectivity index (χ2n) is 8.81. The Balaban J connectivity index is 1.38. The molecule has 3 aliphatic rings. The maximum absolute atomic E-state index is 13.6. The molecular formula is C22H31FN2O. The number of carbonyl (C=O) groups excluding carboxylic acids is 1. The summed E-state index contributed by atoms with van der Waals surface area (Å²) in [7, 11) is 0. The van der Waals surface area contributed by atoms with Crippen LogP contribution in [-0.2, 0) is 11.3 Å². The number of rotatable bonds is 3. The number of carbonyl (C=O) groups is 1. The third-order valence-corrected chi connectivity index (χ3v) is 7.08. The number of halogens is 1. The molecule has 0 unspecified atom stereocenters. The van der Waals surface area contributed by atoms with Crippen molar-refractivity contribution in [2.45, 2.75) is 70.9 Å². The summed E-state index contributed by atoms with van der Waals surface area (Å²) >= 11 is 0. The first-order valence-corrected chi connectivity index (χ1v) is 10.3. The molecule has 0 atom stereocenters. The van der Waals surface area contributed by atoms with E-state index in [0.29, 0.717) is 17.4 Å². The summed E-state index contributed by atoms with van der Waals surface area (Å²) in [6, 6.07) is 5.61. The summed E-state index contributed by atoms with van der Waals surface area (Å²) < 4.78 is 13.6. The largest absolute Gasteiger partial charge is 0.339 e. The standard InChI is InChI=1S/C22H31FN2O/c1-17-6-7-19(23)14-18(17)15-24-12-10-22(11-13-24)9-8-21(26)25(16-22)20-4-2-3-5-20/h6-7,14,20H,2-5,8-13,15-16H2,1H3. The Labute approximate surface area is 156 Å². The first kappa shape index (κ1) is 18.0. The number of nitrogens with zero attached hydrogens (tertiary/aromatic N) is 2. The van der Waals surface area contributed by atoms with Crippen LogP contribution in [0.25, 0.3) is 0 Å². The zero-order valence-electron chi connectivity index (χ0n) is 16.0. The van der Waals surface area contributed by atoms with Gasteiger partial charge in [-0.2, -0.15) is 0 Å². The monoisotopic (exact) mass is 358 g/mol. The lowest BCUT2D eigenvalue weighted by molar-refractivity contribution is -0.142. The van der Waals surface area contributed by atoms with Gasteiger partial charge >= 0.3 is 0 Å². The van der Waals surface area contributed by atoms with Crippen LogP contribution in [0, 0.1) is 18.2 Å². The number of aryl methyl sites for hydroxylation is 1. The van der Waals surface area contributed by atoms with E-state index in [0.717, 1.165) is 57.4 Å². The fraction of sp³-hybridized carbons (Fsp3) is 0.682. The van der Waals surface area contributed by atoms with Crippen molar-refractivity contribution in [2.75, 3.05) is 19.6 Å². The molecule has 0 N–H and O–H groups in total. The predicted molar refractivity (Wildman–Crippen MR) is 101 cm³/mol. The van der Waals surface area contributed by atoms with Crippen molar-refractivity contribution < 1.29 is 9.18 Å². The molecule has 2 heterocycles. The van der Waals surface area contributed by atoms with Gasteiger partial charge in [0.25, 0.3) is 0 Å². The van der Waals surface area contributed by atoms with E-state index in [2.05, 4.69) is 16.7 Å². The van der Waals surface area contributed by atoms with E-state index in [1.807, 2.05) is 6.07 Å². The first-order valence-electron chi connectivity index (χ1n) is 10.3. The molecular weight excluding hydrogens is 327 g/mol. The van der Waals surface area contributed by atoms with Crippen LogP contribution in [-0.4, -0.2) is 41.4 Å². The average Bonchev–Trinajstić information content (AvgIpc) is 3.17. The summed E-state index contributed by atoms with van der Waals surface area (Å²) in [6.45, 7) is 5.99. The Kier molecular flexibility index (Phi) is 5.05. The van der Waals surface area contributed by atoms with Crippen molar-refractivity contribution in [3.63, 3.8) is 0 Å². The van der Waals surface area contributed by atoms with Gasteiger partial charge in [0.05, 0.1) is 0 Å². The molecule has 26 heavy (non-hydrogen) atoms. The molecule has 2 aliphatic heterocycles. The molecule has 1 aliphatic carbocycles. The van der Waals surface area contributed by atoms with Gasteiger partial charge in [0.2, 0.25) is 5.91 Å². The Hall–Kier alpha value is -1.42. The van der Waals surface area contributed by atoms with Crippen LogP contribution in [0.3, 0.4) is 0 Å². The molecule has 1 spiro atoms. The van der Waals surface area contributed by atoms with Crippen molar-refractivity contribution in [3.05, 3.63) is 35.1 Å². The van der Waals surface area contributed by atoms with Crippen molar-refractivity contribution in [3.8, 4) is 0 Å². The minimum Gasteiger partial charge on any atom is -0.339 e. The average molecular weight is 359 g/mol. The van der Waals surface area contributed by atoms with Crippen LogP contribution in [0.15, 0.2) is 18.2 Å². The van der Waals surface area contributed by atoms with E-state index in [-0.39, 0.29) is 5.82 Å². The predicted octanol–water partition coefficient (Wildman–Crippen LogP) is 4.28. The second kappa shape index (κ2) is 7.30.